The average Bonchev–Trinajstić information content (AvgIpc) is 3.60. The van der Waals surface area contributed by atoms with E-state index in [-0.39, 0.29) is 16.7 Å². The molecule has 0 fully saturated rings. The Morgan fingerprint density at radius 3 is 2.34 bits per heavy atom. The predicted molar refractivity (Wildman–Crippen MR) is 166 cm³/mol. The SMILES string of the molecule is C/C=S(/NCCNC(O)C1=C(C(=O)OC)C2(C(Cc3ccccc3)Nc3ccccc3)C=CC1O2)c1ccccc1. The van der Waals surface area contributed by atoms with E-state index in [9.17, 15) is 9.90 Å². The number of hydrogen-bond acceptors (Lipinski definition) is 7. The molecule has 5 atom stereocenters. The molecule has 0 aliphatic carbocycles. The van der Waals surface area contributed by atoms with Crippen molar-refractivity contribution in [2.45, 2.75) is 42.2 Å². The lowest BCUT2D eigenvalue weighted by atomic mass is 9.78. The molecule has 2 bridgehead atoms. The van der Waals surface area contributed by atoms with E-state index in [0.717, 1.165) is 11.3 Å². The van der Waals surface area contributed by atoms with Crippen molar-refractivity contribution >= 4 is 27.7 Å². The molecule has 0 aromatic heterocycles. The van der Waals surface area contributed by atoms with Gasteiger partial charge in [-0.05, 0) is 54.6 Å². The summed E-state index contributed by atoms with van der Waals surface area (Å²) in [5.41, 5.74) is 1.73. The number of carbonyl (C=O) groups excluding carboxylic acids is 1. The Labute approximate surface area is 244 Å². The quantitative estimate of drug-likeness (QED) is 0.0792. The zero-order valence-corrected chi connectivity index (χ0v) is 24.1. The van der Waals surface area contributed by atoms with E-state index in [1.165, 1.54) is 12.0 Å². The molecule has 0 saturated heterocycles. The van der Waals surface area contributed by atoms with Gasteiger partial charge in [0.2, 0.25) is 0 Å². The summed E-state index contributed by atoms with van der Waals surface area (Å²) >= 11 is 0. The summed E-state index contributed by atoms with van der Waals surface area (Å²) in [5.74, 6) is -0.509. The van der Waals surface area contributed by atoms with Crippen molar-refractivity contribution in [2.75, 3.05) is 25.5 Å². The third kappa shape index (κ3) is 6.37. The number of para-hydroxylation sites is 1. The van der Waals surface area contributed by atoms with Gasteiger partial charge < -0.3 is 19.9 Å². The van der Waals surface area contributed by atoms with Gasteiger partial charge in [0.15, 0.2) is 0 Å². The number of hydrogen-bond donors (Lipinski definition) is 4. The van der Waals surface area contributed by atoms with Crippen LogP contribution in [-0.4, -0.2) is 60.6 Å². The molecule has 0 amide bonds. The molecule has 5 rings (SSSR count). The minimum absolute atomic E-state index is 0.208. The summed E-state index contributed by atoms with van der Waals surface area (Å²) < 4.78 is 15.4. The van der Waals surface area contributed by atoms with Crippen molar-refractivity contribution in [1.82, 2.24) is 10.0 Å². The lowest BCUT2D eigenvalue weighted by molar-refractivity contribution is -0.138. The van der Waals surface area contributed by atoms with E-state index < -0.39 is 23.9 Å². The lowest BCUT2D eigenvalue weighted by Gasteiger charge is -2.36. The molecule has 0 spiro atoms. The number of aliphatic hydroxyl groups excluding tert-OH is 1. The number of aliphatic hydroxyl groups is 1. The predicted octanol–water partition coefficient (Wildman–Crippen LogP) is 4.45. The Morgan fingerprint density at radius 1 is 1.02 bits per heavy atom. The van der Waals surface area contributed by atoms with Crippen LogP contribution < -0.4 is 15.4 Å². The highest BCUT2D eigenvalue weighted by molar-refractivity contribution is 8.13. The van der Waals surface area contributed by atoms with Gasteiger partial charge in [-0.15, -0.1) is 0 Å². The monoisotopic (exact) mass is 571 g/mol. The molecule has 214 valence electrons. The number of fused-ring (bicyclic) bond motifs is 2. The summed E-state index contributed by atoms with van der Waals surface area (Å²) in [5, 5.41) is 20.3. The van der Waals surface area contributed by atoms with Gasteiger partial charge in [0.25, 0.3) is 0 Å². The largest absolute Gasteiger partial charge is 0.466 e. The Bertz CT molecular complexity index is 1370. The molecule has 0 radical (unpaired) electrons. The first-order valence-corrected chi connectivity index (χ1v) is 15.1. The maximum atomic E-state index is 13.4. The Hall–Kier alpha value is -3.53. The third-order valence-electron chi connectivity index (χ3n) is 7.38. The highest BCUT2D eigenvalue weighted by atomic mass is 32.2. The van der Waals surface area contributed by atoms with Gasteiger partial charge in [-0.2, -0.15) is 0 Å². The van der Waals surface area contributed by atoms with E-state index in [0.29, 0.717) is 30.7 Å². The van der Waals surface area contributed by atoms with Crippen molar-refractivity contribution in [1.29, 1.82) is 0 Å². The van der Waals surface area contributed by atoms with Crippen LogP contribution in [0.5, 0.6) is 0 Å². The summed E-state index contributed by atoms with van der Waals surface area (Å²) in [6.45, 7) is 3.15. The molecule has 0 saturated carbocycles. The molecule has 4 N–H and O–H groups in total. The van der Waals surface area contributed by atoms with E-state index >= 15 is 0 Å². The van der Waals surface area contributed by atoms with Crippen LogP contribution in [0, 0.1) is 0 Å². The fraction of sp³-hybridized carbons (Fsp3) is 0.273. The van der Waals surface area contributed by atoms with Crippen molar-refractivity contribution in [3.63, 3.8) is 0 Å². The van der Waals surface area contributed by atoms with Crippen LogP contribution in [-0.2, 0) is 20.7 Å². The molecule has 8 heteroatoms. The minimum atomic E-state index is -1.11. The average molecular weight is 572 g/mol. The second-order valence-corrected chi connectivity index (χ2v) is 11.8. The second kappa shape index (κ2) is 13.4. The fourth-order valence-electron chi connectivity index (χ4n) is 5.49. The number of rotatable bonds is 13. The van der Waals surface area contributed by atoms with Crippen LogP contribution in [0.3, 0.4) is 0 Å². The first-order chi connectivity index (χ1) is 20.1. The molecule has 41 heavy (non-hydrogen) atoms. The number of carbonyl (C=O) groups is 1. The van der Waals surface area contributed by atoms with Crippen LogP contribution >= 0.6 is 10.7 Å². The van der Waals surface area contributed by atoms with E-state index in [2.05, 4.69) is 45.0 Å². The summed E-state index contributed by atoms with van der Waals surface area (Å²) in [4.78, 5) is 14.6. The topological polar surface area (TPSA) is 91.9 Å². The molecule has 3 aromatic rings. The molecule has 2 aliphatic heterocycles. The van der Waals surface area contributed by atoms with Crippen LogP contribution in [0.4, 0.5) is 5.69 Å². The van der Waals surface area contributed by atoms with Gasteiger partial charge in [-0.3, -0.25) is 10.0 Å². The standard InChI is InChI=1S/C33H37N3O4S/c1-3-41(26-17-11-6-12-18-26)35-22-21-34-31(37)29-27-19-20-33(40-27,30(29)32(38)39-2)28(23-24-13-7-4-8-14-24)36-25-15-9-5-10-16-25/h3-20,27-28,31,34-37H,21-23H2,1-2H3. The maximum absolute atomic E-state index is 13.4. The summed E-state index contributed by atoms with van der Waals surface area (Å²) in [7, 11) is 1.16. The first-order valence-electron chi connectivity index (χ1n) is 13.8. The van der Waals surface area contributed by atoms with Crippen molar-refractivity contribution in [3.05, 3.63) is 120 Å². The fourth-order valence-corrected chi connectivity index (χ4v) is 6.86. The van der Waals surface area contributed by atoms with Gasteiger partial charge in [0.05, 0.1) is 18.7 Å². The summed E-state index contributed by atoms with van der Waals surface area (Å²) in [6, 6.07) is 29.9. The highest BCUT2D eigenvalue weighted by Crippen LogP contribution is 2.48. The molecule has 3 aromatic carbocycles. The summed E-state index contributed by atoms with van der Waals surface area (Å²) in [6.07, 6.45) is 2.82. The van der Waals surface area contributed by atoms with Crippen LogP contribution in [0.15, 0.2) is 119 Å². The third-order valence-corrected chi connectivity index (χ3v) is 9.15. The van der Waals surface area contributed by atoms with E-state index in [1.54, 1.807) is 0 Å². The van der Waals surface area contributed by atoms with Gasteiger partial charge in [0, 0.05) is 29.2 Å². The van der Waals surface area contributed by atoms with Crippen molar-refractivity contribution in [2.24, 2.45) is 0 Å². The molecular weight excluding hydrogens is 534 g/mol. The number of nitrogens with one attached hydrogen (secondary N) is 3. The van der Waals surface area contributed by atoms with Crippen LogP contribution in [0.1, 0.15) is 12.5 Å². The minimum Gasteiger partial charge on any atom is -0.466 e. The number of benzene rings is 3. The van der Waals surface area contributed by atoms with Gasteiger partial charge in [-0.25, -0.2) is 4.79 Å². The number of esters is 1. The van der Waals surface area contributed by atoms with Gasteiger partial charge in [-0.1, -0.05) is 83.5 Å². The molecule has 2 heterocycles. The second-order valence-electron chi connectivity index (χ2n) is 9.90. The molecular formula is C33H37N3O4S. The van der Waals surface area contributed by atoms with Gasteiger partial charge in [0.1, 0.15) is 17.9 Å². The van der Waals surface area contributed by atoms with Crippen molar-refractivity contribution in [3.8, 4) is 0 Å². The normalized spacial score (nSPS) is 21.6. The number of methoxy groups -OCH3 is 1. The number of anilines is 1. The molecule has 7 nitrogen and oxygen atoms in total. The first kappa shape index (κ1) is 29.0. The smallest absolute Gasteiger partial charge is 0.337 e. The zero-order valence-electron chi connectivity index (χ0n) is 23.3. The molecule has 2 aliphatic rings. The maximum Gasteiger partial charge on any atom is 0.337 e. The Balaban J connectivity index is 1.38. The molecule has 5 unspecified atom stereocenters. The number of ether oxygens (including phenoxy) is 2. The lowest BCUT2D eigenvalue weighted by Crippen LogP contribution is -2.50. The van der Waals surface area contributed by atoms with Crippen LogP contribution in [0.25, 0.3) is 0 Å². The Morgan fingerprint density at radius 2 is 1.68 bits per heavy atom. The van der Waals surface area contributed by atoms with Crippen molar-refractivity contribution < 1.29 is 19.4 Å². The highest BCUT2D eigenvalue weighted by Gasteiger charge is 2.57. The zero-order chi connectivity index (χ0) is 28.7. The van der Waals surface area contributed by atoms with Crippen LogP contribution in [0.2, 0.25) is 0 Å². The Kier molecular flexibility index (Phi) is 9.49. The van der Waals surface area contributed by atoms with Gasteiger partial charge >= 0.3 is 5.97 Å². The van der Waals surface area contributed by atoms with E-state index in [1.807, 2.05) is 85.8 Å². The van der Waals surface area contributed by atoms with E-state index in [4.69, 9.17) is 9.47 Å².